The number of nitrogen functional groups attached to an aromatic ring is 1. The molecule has 1 aromatic rings. The third kappa shape index (κ3) is 1.55. The molecule has 3 rings (SSSR count). The quantitative estimate of drug-likeness (QED) is 0.554. The molecule has 0 aromatic carbocycles. The Labute approximate surface area is 92.9 Å². The van der Waals surface area contributed by atoms with Gasteiger partial charge in [-0.15, -0.1) is 0 Å². The molecule has 3 heterocycles. The molecule has 0 spiro atoms. The van der Waals surface area contributed by atoms with Gasteiger partial charge in [0.05, 0.1) is 6.07 Å². The average Bonchev–Trinajstić information content (AvgIpc) is 2.74. The van der Waals surface area contributed by atoms with Gasteiger partial charge in [0.15, 0.2) is 0 Å². The third-order valence-corrected chi connectivity index (χ3v) is 3.38. The van der Waals surface area contributed by atoms with Crippen molar-refractivity contribution in [1.82, 2.24) is 15.3 Å². The molecule has 0 amide bonds. The lowest BCUT2D eigenvalue weighted by atomic mass is 10.0. The molecule has 2 aliphatic rings. The first-order valence-corrected chi connectivity index (χ1v) is 5.47. The highest BCUT2D eigenvalue weighted by molar-refractivity contribution is 5.38. The summed E-state index contributed by atoms with van der Waals surface area (Å²) >= 11 is 0. The van der Waals surface area contributed by atoms with E-state index in [0.29, 0.717) is 17.8 Å². The van der Waals surface area contributed by atoms with E-state index < -0.39 is 0 Å². The maximum absolute atomic E-state index is 11.2. The second kappa shape index (κ2) is 3.48. The zero-order valence-corrected chi connectivity index (χ0v) is 8.86. The fourth-order valence-electron chi connectivity index (χ4n) is 2.60. The first-order valence-electron chi connectivity index (χ1n) is 5.47. The van der Waals surface area contributed by atoms with Crippen LogP contribution in [0.2, 0.25) is 0 Å². The standard InChI is InChI=1S/C10H14N5O/c11-8-1-9(16)14-10(13-8)15-4-6-2-12-3-7(6)5-15/h6-7,12H,2-5H2,(H3,11,13,14,16). The summed E-state index contributed by atoms with van der Waals surface area (Å²) in [4.78, 5) is 20.1. The number of nitrogens with one attached hydrogen (secondary N) is 2. The molecule has 16 heavy (non-hydrogen) atoms. The molecule has 85 valence electrons. The molecular weight excluding hydrogens is 206 g/mol. The summed E-state index contributed by atoms with van der Waals surface area (Å²) in [5.41, 5.74) is 5.21. The molecule has 1 radical (unpaired) electrons. The van der Waals surface area contributed by atoms with Crippen LogP contribution < -0.4 is 21.5 Å². The molecule has 4 N–H and O–H groups in total. The molecule has 2 saturated heterocycles. The Balaban J connectivity index is 1.86. The Bertz CT molecular complexity index is 445. The van der Waals surface area contributed by atoms with Crippen molar-refractivity contribution >= 4 is 11.8 Å². The van der Waals surface area contributed by atoms with E-state index in [1.807, 2.05) is 0 Å². The summed E-state index contributed by atoms with van der Waals surface area (Å²) in [6, 6.07) is 2.40. The van der Waals surface area contributed by atoms with Gasteiger partial charge < -0.3 is 16.0 Å². The minimum absolute atomic E-state index is 0.161. The van der Waals surface area contributed by atoms with Crippen molar-refractivity contribution in [1.29, 1.82) is 0 Å². The van der Waals surface area contributed by atoms with E-state index in [2.05, 4.69) is 26.3 Å². The number of hydrogen-bond acceptors (Lipinski definition) is 5. The first kappa shape index (κ1) is 9.65. The van der Waals surface area contributed by atoms with Crippen molar-refractivity contribution < 1.29 is 0 Å². The lowest BCUT2D eigenvalue weighted by molar-refractivity contribution is 0.533. The van der Waals surface area contributed by atoms with Gasteiger partial charge >= 0.3 is 0 Å². The molecule has 0 bridgehead atoms. The van der Waals surface area contributed by atoms with E-state index in [1.54, 1.807) is 0 Å². The highest BCUT2D eigenvalue weighted by atomic mass is 16.1. The number of aromatic amines is 1. The maximum Gasteiger partial charge on any atom is 0.262 e. The predicted molar refractivity (Wildman–Crippen MR) is 60.2 cm³/mol. The van der Waals surface area contributed by atoms with Crippen LogP contribution in [0.5, 0.6) is 0 Å². The largest absolute Gasteiger partial charge is 0.383 e. The molecule has 2 fully saturated rings. The molecule has 2 aliphatic heterocycles. The van der Waals surface area contributed by atoms with Crippen LogP contribution in [-0.4, -0.2) is 36.1 Å². The van der Waals surface area contributed by atoms with Crippen LogP contribution in [0.3, 0.4) is 0 Å². The van der Waals surface area contributed by atoms with Crippen LogP contribution in [0.25, 0.3) is 0 Å². The minimum Gasteiger partial charge on any atom is -0.383 e. The van der Waals surface area contributed by atoms with Gasteiger partial charge in [-0.25, -0.2) is 0 Å². The Morgan fingerprint density at radius 2 is 2.06 bits per heavy atom. The number of rotatable bonds is 1. The summed E-state index contributed by atoms with van der Waals surface area (Å²) in [6.07, 6.45) is 0. The van der Waals surface area contributed by atoms with Gasteiger partial charge in [0.25, 0.3) is 5.56 Å². The monoisotopic (exact) mass is 220 g/mol. The van der Waals surface area contributed by atoms with E-state index in [4.69, 9.17) is 5.73 Å². The summed E-state index contributed by atoms with van der Waals surface area (Å²) in [5, 5.41) is 3.37. The molecule has 1 aromatic heterocycles. The second-order valence-electron chi connectivity index (χ2n) is 4.48. The van der Waals surface area contributed by atoms with Crippen molar-refractivity contribution in [3.05, 3.63) is 16.4 Å². The van der Waals surface area contributed by atoms with Gasteiger partial charge in [-0.2, -0.15) is 4.98 Å². The normalized spacial score (nSPS) is 28.4. The maximum atomic E-state index is 11.2. The van der Waals surface area contributed by atoms with Crippen LogP contribution in [0.4, 0.5) is 11.8 Å². The number of anilines is 2. The van der Waals surface area contributed by atoms with E-state index in [9.17, 15) is 4.79 Å². The Morgan fingerprint density at radius 3 is 2.69 bits per heavy atom. The Hall–Kier alpha value is -1.56. The molecule has 0 saturated carbocycles. The summed E-state index contributed by atoms with van der Waals surface area (Å²) in [6.45, 7) is 3.98. The van der Waals surface area contributed by atoms with E-state index in [1.165, 1.54) is 0 Å². The SMILES string of the molecule is Nc1[c]c(=O)[nH]c(N2CC3CNCC3C2)n1. The number of nitrogens with two attached hydrogens (primary N) is 1. The number of hydrogen-bond donors (Lipinski definition) is 3. The van der Waals surface area contributed by atoms with Crippen LogP contribution in [-0.2, 0) is 0 Å². The molecule has 6 nitrogen and oxygen atoms in total. The van der Waals surface area contributed by atoms with Crippen LogP contribution in [0.1, 0.15) is 0 Å². The average molecular weight is 220 g/mol. The van der Waals surface area contributed by atoms with Gasteiger partial charge in [-0.3, -0.25) is 9.78 Å². The summed E-state index contributed by atoms with van der Waals surface area (Å²) in [7, 11) is 0. The lowest BCUT2D eigenvalue weighted by Gasteiger charge is -2.17. The highest BCUT2D eigenvalue weighted by Crippen LogP contribution is 2.28. The van der Waals surface area contributed by atoms with Crippen LogP contribution in [0, 0.1) is 17.9 Å². The predicted octanol–water partition coefficient (Wildman–Crippen LogP) is -1.19. The van der Waals surface area contributed by atoms with Crippen molar-refractivity contribution in [2.24, 2.45) is 11.8 Å². The molecule has 2 unspecified atom stereocenters. The van der Waals surface area contributed by atoms with Gasteiger partial charge in [0.1, 0.15) is 5.82 Å². The topological polar surface area (TPSA) is 87.0 Å². The fraction of sp³-hybridized carbons (Fsp3) is 0.600. The van der Waals surface area contributed by atoms with Gasteiger partial charge in [-0.05, 0) is 11.8 Å². The van der Waals surface area contributed by atoms with Crippen molar-refractivity contribution in [3.8, 4) is 0 Å². The molecule has 0 aliphatic carbocycles. The zero-order chi connectivity index (χ0) is 11.1. The number of H-pyrrole nitrogens is 1. The second-order valence-corrected chi connectivity index (χ2v) is 4.48. The van der Waals surface area contributed by atoms with Crippen LogP contribution >= 0.6 is 0 Å². The van der Waals surface area contributed by atoms with Crippen molar-refractivity contribution in [2.45, 2.75) is 0 Å². The number of fused-ring (bicyclic) bond motifs is 1. The first-order chi connectivity index (χ1) is 7.72. The number of aromatic nitrogens is 2. The Kier molecular flexibility index (Phi) is 2.10. The molecule has 6 heteroatoms. The Morgan fingerprint density at radius 1 is 1.38 bits per heavy atom. The van der Waals surface area contributed by atoms with E-state index in [-0.39, 0.29) is 11.4 Å². The molecular formula is C10H14N5O. The molecule has 2 atom stereocenters. The van der Waals surface area contributed by atoms with Crippen molar-refractivity contribution in [2.75, 3.05) is 36.8 Å². The highest BCUT2D eigenvalue weighted by Gasteiger charge is 2.36. The minimum atomic E-state index is -0.308. The third-order valence-electron chi connectivity index (χ3n) is 3.38. The van der Waals surface area contributed by atoms with Crippen LogP contribution in [0.15, 0.2) is 4.79 Å². The summed E-state index contributed by atoms with van der Waals surface area (Å²) in [5.74, 6) is 2.07. The summed E-state index contributed by atoms with van der Waals surface area (Å²) < 4.78 is 0. The van der Waals surface area contributed by atoms with Gasteiger partial charge in [0, 0.05) is 26.2 Å². The zero-order valence-electron chi connectivity index (χ0n) is 8.86. The van der Waals surface area contributed by atoms with E-state index >= 15 is 0 Å². The van der Waals surface area contributed by atoms with Crippen molar-refractivity contribution in [3.63, 3.8) is 0 Å². The van der Waals surface area contributed by atoms with Gasteiger partial charge in [0.2, 0.25) is 5.95 Å². The fourth-order valence-corrected chi connectivity index (χ4v) is 2.60. The number of nitrogens with zero attached hydrogens (tertiary/aromatic N) is 2. The van der Waals surface area contributed by atoms with E-state index in [0.717, 1.165) is 26.2 Å². The van der Waals surface area contributed by atoms with Gasteiger partial charge in [-0.1, -0.05) is 0 Å². The smallest absolute Gasteiger partial charge is 0.262 e. The lowest BCUT2D eigenvalue weighted by Crippen LogP contribution is -2.29.